The summed E-state index contributed by atoms with van der Waals surface area (Å²) in [5.74, 6) is 0.782. The van der Waals surface area contributed by atoms with Gasteiger partial charge in [-0.25, -0.2) is 14.6 Å². The van der Waals surface area contributed by atoms with Crippen LogP contribution in [0.1, 0.15) is 74.2 Å². The van der Waals surface area contributed by atoms with Crippen LogP contribution < -0.4 is 5.32 Å². The Hall–Kier alpha value is -1.64. The molecule has 0 unspecified atom stereocenters. The Morgan fingerprint density at radius 1 is 1.05 bits per heavy atom. The fourth-order valence-corrected chi connectivity index (χ4v) is 12.2. The molecule has 210 valence electrons. The van der Waals surface area contributed by atoms with Crippen molar-refractivity contribution in [1.29, 1.82) is 0 Å². The number of anilines is 1. The molecule has 5 rings (SSSR count). The lowest BCUT2D eigenvalue weighted by Crippen LogP contribution is -2.66. The summed E-state index contributed by atoms with van der Waals surface area (Å²) in [6.07, 6.45) is 4.28. The van der Waals surface area contributed by atoms with E-state index in [4.69, 9.17) is 23.1 Å². The van der Waals surface area contributed by atoms with E-state index in [-0.39, 0.29) is 33.4 Å². The highest BCUT2D eigenvalue weighted by atomic mass is 28.4. The van der Waals surface area contributed by atoms with Crippen LogP contribution in [0.15, 0.2) is 12.4 Å². The fraction of sp³-hybridized carbons (Fsp3) is 0.741. The van der Waals surface area contributed by atoms with Crippen molar-refractivity contribution >= 4 is 39.8 Å². The number of hydrogen-bond donors (Lipinski definition) is 1. The van der Waals surface area contributed by atoms with E-state index in [1.807, 2.05) is 10.8 Å². The highest BCUT2D eigenvalue weighted by Gasteiger charge is 2.66. The largest absolute Gasteiger partial charge is 0.407 e. The van der Waals surface area contributed by atoms with E-state index in [0.29, 0.717) is 13.2 Å². The molecule has 0 aliphatic carbocycles. The van der Waals surface area contributed by atoms with Crippen molar-refractivity contribution in [3.63, 3.8) is 0 Å². The fourth-order valence-electron chi connectivity index (χ4n) is 5.91. The average molecular weight is 560 g/mol. The maximum Gasteiger partial charge on any atom is 0.349 e. The van der Waals surface area contributed by atoms with Crippen molar-refractivity contribution in [2.45, 2.75) is 115 Å². The predicted molar refractivity (Wildman–Crippen MR) is 155 cm³/mol. The van der Waals surface area contributed by atoms with Crippen LogP contribution >= 0.6 is 0 Å². The number of hydrogen-bond acceptors (Lipinski definition) is 8. The van der Waals surface area contributed by atoms with E-state index in [0.717, 1.165) is 22.5 Å². The molecule has 2 aromatic rings. The lowest BCUT2D eigenvalue weighted by atomic mass is 10.1. The summed E-state index contributed by atoms with van der Waals surface area (Å²) in [6.45, 7) is 26.0. The van der Waals surface area contributed by atoms with Crippen LogP contribution in [0.2, 0.25) is 28.2 Å². The van der Waals surface area contributed by atoms with Gasteiger partial charge in [0.25, 0.3) is 0 Å². The van der Waals surface area contributed by atoms with E-state index in [1.54, 1.807) is 6.33 Å². The lowest BCUT2D eigenvalue weighted by Gasteiger charge is -2.54. The second-order valence-corrected chi connectivity index (χ2v) is 24.0. The van der Waals surface area contributed by atoms with Gasteiger partial charge in [-0.1, -0.05) is 68.4 Å². The SMILES string of the molecule is CC(C)(C)[Si](C)(C)O[C@@H]1[C@@H]2O[Si](C(C)(C)C)(C(C)(C)C)OC[C@H]2O[C@H]1n1nc2c3c(ncnc31)NCC=C2. The molecule has 2 aromatic heterocycles. The molecule has 4 atom stereocenters. The van der Waals surface area contributed by atoms with Gasteiger partial charge in [0.1, 0.15) is 30.5 Å². The molecule has 0 spiro atoms. The minimum absolute atomic E-state index is 0.0174. The molecule has 0 amide bonds. The molecule has 3 aliphatic heterocycles. The summed E-state index contributed by atoms with van der Waals surface area (Å²) >= 11 is 0. The van der Waals surface area contributed by atoms with Crippen LogP contribution in [0.5, 0.6) is 0 Å². The van der Waals surface area contributed by atoms with Gasteiger partial charge in [-0.3, -0.25) is 0 Å². The van der Waals surface area contributed by atoms with Gasteiger partial charge < -0.3 is 23.3 Å². The van der Waals surface area contributed by atoms with E-state index in [1.165, 1.54) is 0 Å². The third kappa shape index (κ3) is 4.30. The van der Waals surface area contributed by atoms with Crippen molar-refractivity contribution in [3.05, 3.63) is 18.1 Å². The summed E-state index contributed by atoms with van der Waals surface area (Å²) in [4.78, 5) is 9.14. The molecule has 11 heteroatoms. The topological polar surface area (TPSA) is 92.5 Å². The Balaban J connectivity index is 1.63. The Labute approximate surface area is 229 Å². The molecule has 2 saturated heterocycles. The molecular weight excluding hydrogens is 515 g/mol. The average Bonchev–Trinajstić information content (AvgIpc) is 3.24. The predicted octanol–water partition coefficient (Wildman–Crippen LogP) is 6.01. The Morgan fingerprint density at radius 3 is 2.37 bits per heavy atom. The van der Waals surface area contributed by atoms with Crippen molar-refractivity contribution in [2.75, 3.05) is 18.5 Å². The first-order valence-electron chi connectivity index (χ1n) is 13.8. The van der Waals surface area contributed by atoms with Crippen molar-refractivity contribution in [3.8, 4) is 0 Å². The minimum atomic E-state index is -2.75. The zero-order chi connectivity index (χ0) is 27.9. The summed E-state index contributed by atoms with van der Waals surface area (Å²) < 4.78 is 29.9. The molecule has 1 N–H and O–H groups in total. The summed E-state index contributed by atoms with van der Waals surface area (Å²) in [7, 11) is -4.97. The number of rotatable bonds is 3. The summed E-state index contributed by atoms with van der Waals surface area (Å²) in [5.41, 5.74) is 1.56. The van der Waals surface area contributed by atoms with E-state index >= 15 is 0 Å². The monoisotopic (exact) mass is 559 g/mol. The molecule has 0 bridgehead atoms. The van der Waals surface area contributed by atoms with Crippen molar-refractivity contribution < 1.29 is 18.0 Å². The number of ether oxygens (including phenoxy) is 1. The standard InChI is InChI=1S/C27H45N5O4Si2/c1-25(2,3)37(10,11)35-21-20-18(15-33-38(36-20,26(4,5)6)27(7,8)9)34-24(21)32-23-19-17(31-32)13-12-14-28-22(19)29-16-30-23/h12-13,16,18,20-21,24H,14-15H2,1-11H3,(H,28,29,30)/t18-,20-,21-,24-/m1/s1. The van der Waals surface area contributed by atoms with Crippen molar-refractivity contribution in [2.24, 2.45) is 0 Å². The number of aromatic nitrogens is 4. The summed E-state index contributed by atoms with van der Waals surface area (Å²) in [5, 5.41) is 9.00. The van der Waals surface area contributed by atoms with Crippen molar-refractivity contribution in [1.82, 2.24) is 19.7 Å². The lowest BCUT2D eigenvalue weighted by molar-refractivity contribution is -0.0815. The Kier molecular flexibility index (Phi) is 6.56. The minimum Gasteiger partial charge on any atom is -0.407 e. The first-order chi connectivity index (χ1) is 17.5. The maximum atomic E-state index is 7.24. The molecular formula is C27H45N5O4Si2. The van der Waals surface area contributed by atoms with Gasteiger partial charge in [-0.05, 0) is 24.2 Å². The highest BCUT2D eigenvalue weighted by Crippen LogP contribution is 2.56. The maximum absolute atomic E-state index is 7.24. The van der Waals surface area contributed by atoms with Gasteiger partial charge in [0.2, 0.25) is 0 Å². The van der Waals surface area contributed by atoms with Gasteiger partial charge in [0.05, 0.1) is 17.7 Å². The van der Waals surface area contributed by atoms with Gasteiger partial charge in [-0.15, -0.1) is 0 Å². The highest BCUT2D eigenvalue weighted by molar-refractivity contribution is 6.74. The van der Waals surface area contributed by atoms with E-state index < -0.39 is 23.1 Å². The molecule has 9 nitrogen and oxygen atoms in total. The van der Waals surface area contributed by atoms with Crippen LogP contribution in [0.3, 0.4) is 0 Å². The molecule has 0 radical (unpaired) electrons. The third-order valence-corrected chi connectivity index (χ3v) is 18.3. The summed E-state index contributed by atoms with van der Waals surface area (Å²) in [6, 6.07) is 0. The van der Waals surface area contributed by atoms with E-state index in [9.17, 15) is 0 Å². The second-order valence-electron chi connectivity index (χ2n) is 14.5. The normalized spacial score (nSPS) is 27.8. The molecule has 0 saturated carbocycles. The molecule has 0 aromatic carbocycles. The third-order valence-electron chi connectivity index (χ3n) is 8.67. The first-order valence-corrected chi connectivity index (χ1v) is 18.5. The van der Waals surface area contributed by atoms with Crippen LogP contribution in [0.25, 0.3) is 17.1 Å². The molecule has 38 heavy (non-hydrogen) atoms. The Morgan fingerprint density at radius 2 is 1.74 bits per heavy atom. The van der Waals surface area contributed by atoms with Gasteiger partial charge in [0.15, 0.2) is 20.2 Å². The van der Waals surface area contributed by atoms with Gasteiger partial charge >= 0.3 is 8.56 Å². The second kappa shape index (κ2) is 8.94. The van der Waals surface area contributed by atoms with Crippen LogP contribution in [0.4, 0.5) is 5.82 Å². The van der Waals surface area contributed by atoms with E-state index in [2.05, 4.69) is 96.8 Å². The quantitative estimate of drug-likeness (QED) is 0.457. The zero-order valence-electron chi connectivity index (χ0n) is 24.9. The van der Waals surface area contributed by atoms with Gasteiger partial charge in [0, 0.05) is 16.6 Å². The van der Waals surface area contributed by atoms with Gasteiger partial charge in [-0.2, -0.15) is 5.10 Å². The molecule has 5 heterocycles. The molecule has 3 aliphatic rings. The smallest absolute Gasteiger partial charge is 0.349 e. The number of nitrogens with one attached hydrogen (secondary N) is 1. The van der Waals surface area contributed by atoms with Crippen LogP contribution in [-0.4, -0.2) is 68.1 Å². The zero-order valence-corrected chi connectivity index (χ0v) is 26.9. The number of fused-ring (bicyclic) bond motifs is 1. The Bertz CT molecular complexity index is 1230. The number of nitrogens with zero attached hydrogens (tertiary/aromatic N) is 4. The van der Waals surface area contributed by atoms with Crippen LogP contribution in [0, 0.1) is 0 Å². The van der Waals surface area contributed by atoms with Crippen LogP contribution in [-0.2, 0) is 18.0 Å². The first kappa shape index (κ1) is 27.9. The molecule has 2 fully saturated rings.